The topological polar surface area (TPSA) is 55.1 Å². The molecule has 1 amide bonds. The minimum absolute atomic E-state index is 0.0313. The van der Waals surface area contributed by atoms with Crippen LogP contribution in [0.1, 0.15) is 31.2 Å². The third-order valence-electron chi connectivity index (χ3n) is 4.07. The Labute approximate surface area is 113 Å². The Morgan fingerprint density at radius 1 is 1.32 bits per heavy atom. The Morgan fingerprint density at radius 2 is 2.00 bits per heavy atom. The average Bonchev–Trinajstić information content (AvgIpc) is 2.91. The summed E-state index contributed by atoms with van der Waals surface area (Å²) < 4.78 is 13.4. The van der Waals surface area contributed by atoms with Gasteiger partial charge in [0.05, 0.1) is 5.41 Å². The van der Waals surface area contributed by atoms with Gasteiger partial charge in [-0.3, -0.25) is 4.79 Å². The normalized spacial score (nSPS) is 17.4. The van der Waals surface area contributed by atoms with Crippen molar-refractivity contribution in [1.29, 1.82) is 0 Å². The molecule has 0 aromatic heterocycles. The van der Waals surface area contributed by atoms with Crippen molar-refractivity contribution in [1.82, 2.24) is 5.32 Å². The Kier molecular flexibility index (Phi) is 4.53. The number of hydrogen-bond donors (Lipinski definition) is 2. The van der Waals surface area contributed by atoms with Gasteiger partial charge in [0.15, 0.2) is 0 Å². The highest BCUT2D eigenvalue weighted by molar-refractivity contribution is 5.83. The summed E-state index contributed by atoms with van der Waals surface area (Å²) in [6.07, 6.45) is 4.39. The zero-order valence-corrected chi connectivity index (χ0v) is 11.1. The number of benzene rings is 1. The molecule has 1 aromatic carbocycles. The van der Waals surface area contributed by atoms with Crippen LogP contribution < -0.4 is 11.1 Å². The van der Waals surface area contributed by atoms with E-state index in [1.165, 1.54) is 6.07 Å². The number of carbonyl (C=O) groups is 1. The standard InChI is InChI=1S/C15H21FN2O/c16-13-6-2-1-5-12(13)7-10-18-14(19)15(11-17)8-3-4-9-15/h1-2,5-6H,3-4,7-11,17H2,(H,18,19). The van der Waals surface area contributed by atoms with Crippen LogP contribution >= 0.6 is 0 Å². The van der Waals surface area contributed by atoms with E-state index in [4.69, 9.17) is 5.73 Å². The van der Waals surface area contributed by atoms with Crippen LogP contribution in [0.3, 0.4) is 0 Å². The lowest BCUT2D eigenvalue weighted by atomic mass is 9.85. The van der Waals surface area contributed by atoms with E-state index in [1.54, 1.807) is 18.2 Å². The molecule has 0 saturated heterocycles. The largest absolute Gasteiger partial charge is 0.355 e. The number of amides is 1. The summed E-state index contributed by atoms with van der Waals surface area (Å²) in [5, 5.41) is 2.91. The van der Waals surface area contributed by atoms with Gasteiger partial charge in [-0.2, -0.15) is 0 Å². The lowest BCUT2D eigenvalue weighted by molar-refractivity contribution is -0.130. The first-order valence-corrected chi connectivity index (χ1v) is 6.90. The molecule has 0 heterocycles. The fraction of sp³-hybridized carbons (Fsp3) is 0.533. The van der Waals surface area contributed by atoms with E-state index in [9.17, 15) is 9.18 Å². The molecule has 0 spiro atoms. The first-order chi connectivity index (χ1) is 9.18. The van der Waals surface area contributed by atoms with Crippen LogP contribution in [-0.2, 0) is 11.2 Å². The van der Waals surface area contributed by atoms with E-state index in [0.717, 1.165) is 25.7 Å². The zero-order valence-electron chi connectivity index (χ0n) is 11.1. The van der Waals surface area contributed by atoms with Crippen LogP contribution in [0, 0.1) is 11.2 Å². The van der Waals surface area contributed by atoms with Crippen molar-refractivity contribution < 1.29 is 9.18 Å². The van der Waals surface area contributed by atoms with Crippen LogP contribution in [0.2, 0.25) is 0 Å². The second-order valence-corrected chi connectivity index (χ2v) is 5.29. The first-order valence-electron chi connectivity index (χ1n) is 6.90. The summed E-state index contributed by atoms with van der Waals surface area (Å²) in [7, 11) is 0. The van der Waals surface area contributed by atoms with Crippen molar-refractivity contribution in [2.24, 2.45) is 11.1 Å². The number of carbonyl (C=O) groups excluding carboxylic acids is 1. The van der Waals surface area contributed by atoms with Crippen molar-refractivity contribution in [2.45, 2.75) is 32.1 Å². The molecule has 0 atom stereocenters. The first kappa shape index (κ1) is 14.0. The van der Waals surface area contributed by atoms with Crippen LogP contribution in [0.15, 0.2) is 24.3 Å². The third kappa shape index (κ3) is 3.13. The second-order valence-electron chi connectivity index (χ2n) is 5.29. The number of nitrogens with one attached hydrogen (secondary N) is 1. The van der Waals surface area contributed by atoms with Gasteiger partial charge in [0.2, 0.25) is 5.91 Å². The summed E-state index contributed by atoms with van der Waals surface area (Å²) >= 11 is 0. The average molecular weight is 264 g/mol. The van der Waals surface area contributed by atoms with E-state index < -0.39 is 0 Å². The molecular weight excluding hydrogens is 243 g/mol. The van der Waals surface area contributed by atoms with Gasteiger partial charge in [0.1, 0.15) is 5.82 Å². The van der Waals surface area contributed by atoms with Crippen molar-refractivity contribution in [3.05, 3.63) is 35.6 Å². The fourth-order valence-corrected chi connectivity index (χ4v) is 2.78. The van der Waals surface area contributed by atoms with Crippen LogP contribution in [0.4, 0.5) is 4.39 Å². The van der Waals surface area contributed by atoms with Crippen molar-refractivity contribution in [2.75, 3.05) is 13.1 Å². The fourth-order valence-electron chi connectivity index (χ4n) is 2.78. The van der Waals surface area contributed by atoms with Gasteiger partial charge in [-0.05, 0) is 30.9 Å². The van der Waals surface area contributed by atoms with Gasteiger partial charge in [0, 0.05) is 13.1 Å². The monoisotopic (exact) mass is 264 g/mol. The minimum atomic E-state index is -0.380. The molecule has 1 aromatic rings. The molecule has 4 heteroatoms. The Bertz CT molecular complexity index is 442. The maximum absolute atomic E-state index is 13.4. The Hall–Kier alpha value is -1.42. The molecule has 3 nitrogen and oxygen atoms in total. The van der Waals surface area contributed by atoms with E-state index in [2.05, 4.69) is 5.32 Å². The SMILES string of the molecule is NCC1(C(=O)NCCc2ccccc2F)CCCC1. The number of nitrogens with two attached hydrogens (primary N) is 1. The zero-order chi connectivity index (χ0) is 13.7. The number of halogens is 1. The highest BCUT2D eigenvalue weighted by atomic mass is 19.1. The summed E-state index contributed by atoms with van der Waals surface area (Å²) in [6.45, 7) is 0.861. The van der Waals surface area contributed by atoms with Gasteiger partial charge in [-0.1, -0.05) is 31.0 Å². The number of hydrogen-bond acceptors (Lipinski definition) is 2. The quantitative estimate of drug-likeness (QED) is 0.854. The highest BCUT2D eigenvalue weighted by Crippen LogP contribution is 2.37. The van der Waals surface area contributed by atoms with Crippen molar-refractivity contribution in [3.63, 3.8) is 0 Å². The highest BCUT2D eigenvalue weighted by Gasteiger charge is 2.39. The smallest absolute Gasteiger partial charge is 0.227 e. The lowest BCUT2D eigenvalue weighted by Crippen LogP contribution is -2.44. The molecule has 3 N–H and O–H groups in total. The third-order valence-corrected chi connectivity index (χ3v) is 4.07. The van der Waals surface area contributed by atoms with E-state index in [1.807, 2.05) is 0 Å². The lowest BCUT2D eigenvalue weighted by Gasteiger charge is -2.25. The van der Waals surface area contributed by atoms with Crippen LogP contribution in [-0.4, -0.2) is 19.0 Å². The maximum atomic E-state index is 13.4. The Morgan fingerprint density at radius 3 is 2.63 bits per heavy atom. The van der Waals surface area contributed by atoms with Gasteiger partial charge >= 0.3 is 0 Å². The summed E-state index contributed by atoms with van der Waals surface area (Å²) in [4.78, 5) is 12.2. The minimum Gasteiger partial charge on any atom is -0.355 e. The maximum Gasteiger partial charge on any atom is 0.227 e. The molecule has 1 fully saturated rings. The van der Waals surface area contributed by atoms with E-state index in [0.29, 0.717) is 25.1 Å². The molecular formula is C15H21FN2O. The Balaban J connectivity index is 1.86. The summed E-state index contributed by atoms with van der Waals surface area (Å²) in [5.41, 5.74) is 6.01. The molecule has 104 valence electrons. The van der Waals surface area contributed by atoms with E-state index >= 15 is 0 Å². The van der Waals surface area contributed by atoms with Gasteiger partial charge in [-0.25, -0.2) is 4.39 Å². The summed E-state index contributed by atoms with van der Waals surface area (Å²) in [6, 6.07) is 6.66. The number of rotatable bonds is 5. The van der Waals surface area contributed by atoms with Gasteiger partial charge < -0.3 is 11.1 Å². The summed E-state index contributed by atoms with van der Waals surface area (Å²) in [5.74, 6) is -0.185. The van der Waals surface area contributed by atoms with Crippen LogP contribution in [0.25, 0.3) is 0 Å². The molecule has 2 rings (SSSR count). The molecule has 19 heavy (non-hydrogen) atoms. The van der Waals surface area contributed by atoms with Crippen LogP contribution in [0.5, 0.6) is 0 Å². The molecule has 1 aliphatic rings. The predicted molar refractivity (Wildman–Crippen MR) is 73.1 cm³/mol. The van der Waals surface area contributed by atoms with E-state index in [-0.39, 0.29) is 17.1 Å². The molecule has 1 saturated carbocycles. The molecule has 1 aliphatic carbocycles. The molecule has 0 radical (unpaired) electrons. The van der Waals surface area contributed by atoms with Gasteiger partial charge in [0.25, 0.3) is 0 Å². The molecule has 0 unspecified atom stereocenters. The predicted octanol–water partition coefficient (Wildman–Crippen LogP) is 2.00. The van der Waals surface area contributed by atoms with Gasteiger partial charge in [-0.15, -0.1) is 0 Å². The second kappa shape index (κ2) is 6.15. The van der Waals surface area contributed by atoms with Crippen molar-refractivity contribution >= 4 is 5.91 Å². The van der Waals surface area contributed by atoms with Crippen molar-refractivity contribution in [3.8, 4) is 0 Å². The molecule has 0 bridgehead atoms. The molecule has 0 aliphatic heterocycles.